The van der Waals surface area contributed by atoms with Gasteiger partial charge in [-0.15, -0.1) is 0 Å². The van der Waals surface area contributed by atoms with Crippen molar-refractivity contribution in [2.75, 3.05) is 13.1 Å². The molecule has 1 N–H and O–H groups in total. The van der Waals surface area contributed by atoms with E-state index in [2.05, 4.69) is 0 Å². The van der Waals surface area contributed by atoms with Gasteiger partial charge in [0.25, 0.3) is 0 Å². The molecule has 6 heteroatoms. The maximum absolute atomic E-state index is 12.6. The third-order valence-electron chi connectivity index (χ3n) is 3.51. The highest BCUT2D eigenvalue weighted by molar-refractivity contribution is 7.89. The summed E-state index contributed by atoms with van der Waals surface area (Å²) in [5.74, 6) is 0.530. The number of aliphatic hydroxyl groups excluding tert-OH is 1. The Kier molecular flexibility index (Phi) is 4.32. The lowest BCUT2D eigenvalue weighted by atomic mass is 10.4. The summed E-state index contributed by atoms with van der Waals surface area (Å²) in [5.41, 5.74) is 0.612. The maximum atomic E-state index is 12.6. The van der Waals surface area contributed by atoms with Crippen LogP contribution >= 0.6 is 0 Å². The normalized spacial score (nSPS) is 16.2. The van der Waals surface area contributed by atoms with Crippen LogP contribution in [0.3, 0.4) is 0 Å². The van der Waals surface area contributed by atoms with Crippen molar-refractivity contribution in [1.82, 2.24) is 8.87 Å². The van der Waals surface area contributed by atoms with Gasteiger partial charge in [0.1, 0.15) is 4.90 Å². The fourth-order valence-electron chi connectivity index (χ4n) is 2.17. The summed E-state index contributed by atoms with van der Waals surface area (Å²) < 4.78 is 28.4. The van der Waals surface area contributed by atoms with Crippen LogP contribution in [0, 0.1) is 5.92 Å². The zero-order chi connectivity index (χ0) is 14.0. The van der Waals surface area contributed by atoms with Gasteiger partial charge in [-0.25, -0.2) is 8.42 Å². The van der Waals surface area contributed by atoms with Gasteiger partial charge in [0.05, 0.1) is 6.61 Å². The van der Waals surface area contributed by atoms with Gasteiger partial charge in [0.2, 0.25) is 10.0 Å². The molecule has 0 saturated heterocycles. The Balaban J connectivity index is 2.26. The first-order chi connectivity index (χ1) is 8.98. The van der Waals surface area contributed by atoms with Crippen LogP contribution in [0.2, 0.25) is 0 Å². The molecule has 1 fully saturated rings. The zero-order valence-corrected chi connectivity index (χ0v) is 12.4. The average Bonchev–Trinajstić information content (AvgIpc) is 3.09. The number of aliphatic hydroxyl groups is 1. The quantitative estimate of drug-likeness (QED) is 0.822. The van der Waals surface area contributed by atoms with Crippen molar-refractivity contribution in [2.45, 2.75) is 37.7 Å². The molecule has 0 unspecified atom stereocenters. The van der Waals surface area contributed by atoms with Gasteiger partial charge < -0.3 is 9.67 Å². The largest absolute Gasteiger partial charge is 0.390 e. The van der Waals surface area contributed by atoms with Gasteiger partial charge in [0, 0.05) is 32.0 Å². The van der Waals surface area contributed by atoms with Crippen molar-refractivity contribution in [3.8, 4) is 0 Å². The Morgan fingerprint density at radius 1 is 1.47 bits per heavy atom. The predicted molar refractivity (Wildman–Crippen MR) is 73.1 cm³/mol. The van der Waals surface area contributed by atoms with Crippen molar-refractivity contribution < 1.29 is 13.5 Å². The van der Waals surface area contributed by atoms with Gasteiger partial charge >= 0.3 is 0 Å². The van der Waals surface area contributed by atoms with Crippen molar-refractivity contribution in [2.24, 2.45) is 13.0 Å². The summed E-state index contributed by atoms with van der Waals surface area (Å²) >= 11 is 0. The van der Waals surface area contributed by atoms with E-state index in [1.165, 1.54) is 0 Å². The van der Waals surface area contributed by atoms with Crippen LogP contribution in [-0.2, 0) is 23.7 Å². The van der Waals surface area contributed by atoms with Gasteiger partial charge in [-0.2, -0.15) is 4.31 Å². The molecule has 0 aromatic carbocycles. The summed E-state index contributed by atoms with van der Waals surface area (Å²) in [6, 6.07) is 1.56. The second-order valence-electron chi connectivity index (χ2n) is 5.24. The Morgan fingerprint density at radius 2 is 2.16 bits per heavy atom. The lowest BCUT2D eigenvalue weighted by Gasteiger charge is -2.20. The number of rotatable bonds is 7. The van der Waals surface area contributed by atoms with Crippen LogP contribution in [0.15, 0.2) is 17.2 Å². The van der Waals surface area contributed by atoms with Crippen molar-refractivity contribution in [1.29, 1.82) is 0 Å². The molecule has 1 aliphatic carbocycles. The van der Waals surface area contributed by atoms with Gasteiger partial charge in [-0.05, 0) is 31.2 Å². The fraction of sp³-hybridized carbons (Fsp3) is 0.692. The third-order valence-corrected chi connectivity index (χ3v) is 5.34. The Morgan fingerprint density at radius 3 is 2.63 bits per heavy atom. The molecule has 1 saturated carbocycles. The maximum Gasteiger partial charge on any atom is 0.244 e. The number of aryl methyl sites for hydroxylation is 1. The number of hydrogen-bond acceptors (Lipinski definition) is 3. The molecule has 0 bridgehead atoms. The lowest BCUT2D eigenvalue weighted by Crippen LogP contribution is -2.33. The number of aromatic nitrogens is 1. The summed E-state index contributed by atoms with van der Waals surface area (Å²) in [4.78, 5) is 0.285. The molecule has 19 heavy (non-hydrogen) atoms. The molecule has 5 nitrogen and oxygen atoms in total. The van der Waals surface area contributed by atoms with Crippen molar-refractivity contribution in [3.05, 3.63) is 18.0 Å². The highest BCUT2D eigenvalue weighted by atomic mass is 32.2. The molecule has 0 aliphatic heterocycles. The molecule has 1 aliphatic rings. The summed E-state index contributed by atoms with van der Waals surface area (Å²) in [6.07, 6.45) is 4.65. The standard InChI is InChI=1S/C13H22N2O3S/c1-3-6-15(8-11-4-5-11)19(17,18)13-7-12(10-16)14(2)9-13/h7,9,11,16H,3-6,8,10H2,1-2H3. The van der Waals surface area contributed by atoms with Gasteiger partial charge in [0.15, 0.2) is 0 Å². The molecule has 0 amide bonds. The average molecular weight is 286 g/mol. The van der Waals surface area contributed by atoms with Crippen LogP contribution in [-0.4, -0.2) is 35.5 Å². The zero-order valence-electron chi connectivity index (χ0n) is 11.5. The van der Waals surface area contributed by atoms with Crippen LogP contribution in [0.5, 0.6) is 0 Å². The minimum atomic E-state index is -3.43. The first-order valence-electron chi connectivity index (χ1n) is 6.75. The molecule has 1 heterocycles. The highest BCUT2D eigenvalue weighted by Gasteiger charge is 2.31. The third kappa shape index (κ3) is 3.19. The van der Waals surface area contributed by atoms with E-state index in [9.17, 15) is 8.42 Å². The Labute approximate surface area is 114 Å². The molecule has 0 spiro atoms. The van der Waals surface area contributed by atoms with E-state index in [4.69, 9.17) is 5.11 Å². The van der Waals surface area contributed by atoms with E-state index in [0.29, 0.717) is 24.7 Å². The minimum absolute atomic E-state index is 0.150. The van der Waals surface area contributed by atoms with Crippen LogP contribution in [0.1, 0.15) is 31.9 Å². The number of hydrogen-bond donors (Lipinski definition) is 1. The topological polar surface area (TPSA) is 62.5 Å². The molecule has 2 rings (SSSR count). The molecule has 1 aromatic rings. The van der Waals surface area contributed by atoms with Crippen molar-refractivity contribution >= 4 is 10.0 Å². The first kappa shape index (κ1) is 14.6. The van der Waals surface area contributed by atoms with E-state index < -0.39 is 10.0 Å². The molecule has 108 valence electrons. The molecular weight excluding hydrogens is 264 g/mol. The SMILES string of the molecule is CCCN(CC1CC1)S(=O)(=O)c1cc(CO)n(C)c1. The molecule has 0 atom stereocenters. The predicted octanol–water partition coefficient (Wildman–Crippen LogP) is 1.33. The number of nitrogens with zero attached hydrogens (tertiary/aromatic N) is 2. The smallest absolute Gasteiger partial charge is 0.244 e. The summed E-state index contributed by atoms with van der Waals surface area (Å²) in [5, 5.41) is 9.17. The minimum Gasteiger partial charge on any atom is -0.390 e. The second kappa shape index (κ2) is 5.64. The van der Waals surface area contributed by atoms with E-state index >= 15 is 0 Å². The summed E-state index contributed by atoms with van der Waals surface area (Å²) in [6.45, 7) is 3.02. The van der Waals surface area contributed by atoms with E-state index in [0.717, 1.165) is 19.3 Å². The highest BCUT2D eigenvalue weighted by Crippen LogP contribution is 2.32. The first-order valence-corrected chi connectivity index (χ1v) is 8.19. The second-order valence-corrected chi connectivity index (χ2v) is 7.18. The van der Waals surface area contributed by atoms with Crippen LogP contribution in [0.25, 0.3) is 0 Å². The summed E-state index contributed by atoms with van der Waals surface area (Å²) in [7, 11) is -1.68. The molecule has 0 radical (unpaired) electrons. The van der Waals surface area contributed by atoms with Gasteiger partial charge in [-0.3, -0.25) is 0 Å². The van der Waals surface area contributed by atoms with E-state index in [1.54, 1.807) is 28.2 Å². The van der Waals surface area contributed by atoms with Crippen LogP contribution < -0.4 is 0 Å². The number of sulfonamides is 1. The monoisotopic (exact) mass is 286 g/mol. The molecular formula is C13H22N2O3S. The van der Waals surface area contributed by atoms with E-state index in [-0.39, 0.29) is 11.5 Å². The molecule has 1 aromatic heterocycles. The van der Waals surface area contributed by atoms with Crippen molar-refractivity contribution in [3.63, 3.8) is 0 Å². The van der Waals surface area contributed by atoms with Gasteiger partial charge in [-0.1, -0.05) is 6.92 Å². The van der Waals surface area contributed by atoms with E-state index in [1.807, 2.05) is 6.92 Å². The fourth-order valence-corrected chi connectivity index (χ4v) is 3.88. The Hall–Kier alpha value is -0.850. The lowest BCUT2D eigenvalue weighted by molar-refractivity contribution is 0.272. The Bertz CT molecular complexity index is 532. The van der Waals surface area contributed by atoms with Crippen LogP contribution in [0.4, 0.5) is 0 Å².